The summed E-state index contributed by atoms with van der Waals surface area (Å²) in [4.78, 5) is 20.8. The Kier molecular flexibility index (Phi) is 5.43. The van der Waals surface area contributed by atoms with Gasteiger partial charge in [0.15, 0.2) is 0 Å². The standard InChI is InChI=1S/C17H24FN3OS/c1-20(17(22)13-5-3-2-4-6-13)11-15-9-14(18)10-21(15)12-16-19-7-8-23-16/h2-3,7-8,13-15H,4-6,9-12H2,1H3/t13?,14-,15-/m0/s1. The van der Waals surface area contributed by atoms with E-state index in [4.69, 9.17) is 0 Å². The van der Waals surface area contributed by atoms with Crippen molar-refractivity contribution in [1.82, 2.24) is 14.8 Å². The van der Waals surface area contributed by atoms with Gasteiger partial charge in [0.2, 0.25) is 5.91 Å². The minimum atomic E-state index is -0.805. The van der Waals surface area contributed by atoms with Crippen LogP contribution in [0.25, 0.3) is 0 Å². The second-order valence-corrected chi connectivity index (χ2v) is 7.52. The average molecular weight is 337 g/mol. The minimum Gasteiger partial charge on any atom is -0.344 e. The van der Waals surface area contributed by atoms with Crippen LogP contribution >= 0.6 is 11.3 Å². The van der Waals surface area contributed by atoms with Crippen molar-refractivity contribution in [2.75, 3.05) is 20.1 Å². The second-order valence-electron chi connectivity index (χ2n) is 6.54. The predicted octanol–water partition coefficient (Wildman–Crippen LogP) is 2.87. The van der Waals surface area contributed by atoms with Crippen LogP contribution in [0.5, 0.6) is 0 Å². The number of hydrogen-bond acceptors (Lipinski definition) is 4. The summed E-state index contributed by atoms with van der Waals surface area (Å²) in [6, 6.07) is 0.0852. The van der Waals surface area contributed by atoms with Crippen LogP contribution in [0.2, 0.25) is 0 Å². The lowest BCUT2D eigenvalue weighted by Crippen LogP contribution is -2.43. The fourth-order valence-electron chi connectivity index (χ4n) is 3.55. The van der Waals surface area contributed by atoms with Gasteiger partial charge in [-0.25, -0.2) is 9.37 Å². The zero-order valence-electron chi connectivity index (χ0n) is 13.5. The summed E-state index contributed by atoms with van der Waals surface area (Å²) >= 11 is 1.60. The van der Waals surface area contributed by atoms with Gasteiger partial charge in [-0.05, 0) is 25.7 Å². The van der Waals surface area contributed by atoms with E-state index in [1.165, 1.54) is 0 Å². The van der Waals surface area contributed by atoms with Gasteiger partial charge < -0.3 is 4.90 Å². The summed E-state index contributed by atoms with van der Waals surface area (Å²) in [7, 11) is 1.85. The fraction of sp³-hybridized carbons (Fsp3) is 0.647. The molecule has 0 N–H and O–H groups in total. The Morgan fingerprint density at radius 1 is 1.52 bits per heavy atom. The summed E-state index contributed by atoms with van der Waals surface area (Å²) in [6.45, 7) is 1.72. The first-order chi connectivity index (χ1) is 11.1. The zero-order chi connectivity index (χ0) is 16.2. The number of thiazole rings is 1. The van der Waals surface area contributed by atoms with E-state index in [-0.39, 0.29) is 17.9 Å². The molecule has 3 atom stereocenters. The van der Waals surface area contributed by atoms with Crippen molar-refractivity contribution in [2.24, 2.45) is 5.92 Å². The molecule has 1 aromatic rings. The van der Waals surface area contributed by atoms with Gasteiger partial charge in [0.05, 0.1) is 6.54 Å². The number of likely N-dealkylation sites (N-methyl/N-ethyl adjacent to an activating group) is 1. The number of carbonyl (C=O) groups excluding carboxylic acids is 1. The smallest absolute Gasteiger partial charge is 0.225 e. The van der Waals surface area contributed by atoms with Crippen molar-refractivity contribution >= 4 is 17.2 Å². The Labute approximate surface area is 141 Å². The van der Waals surface area contributed by atoms with E-state index in [0.717, 1.165) is 24.3 Å². The van der Waals surface area contributed by atoms with Crippen LogP contribution in [0, 0.1) is 5.92 Å². The second kappa shape index (κ2) is 7.53. The third-order valence-electron chi connectivity index (χ3n) is 4.78. The number of amides is 1. The highest BCUT2D eigenvalue weighted by Gasteiger charge is 2.34. The molecule has 1 aliphatic carbocycles. The molecule has 3 rings (SSSR count). The molecule has 1 aliphatic heterocycles. The molecule has 0 radical (unpaired) electrons. The monoisotopic (exact) mass is 337 g/mol. The molecule has 1 amide bonds. The van der Waals surface area contributed by atoms with Gasteiger partial charge in [-0.15, -0.1) is 11.3 Å². The summed E-state index contributed by atoms with van der Waals surface area (Å²) in [5.74, 6) is 0.297. The third-order valence-corrected chi connectivity index (χ3v) is 5.54. The van der Waals surface area contributed by atoms with E-state index in [1.54, 1.807) is 22.4 Å². The van der Waals surface area contributed by atoms with Crippen LogP contribution in [-0.2, 0) is 11.3 Å². The Bertz CT molecular complexity index is 548. The Hall–Kier alpha value is -1.27. The molecular formula is C17H24FN3OS. The molecule has 23 heavy (non-hydrogen) atoms. The Balaban J connectivity index is 1.58. The maximum Gasteiger partial charge on any atom is 0.225 e. The molecule has 0 bridgehead atoms. The van der Waals surface area contributed by atoms with Crippen LogP contribution in [0.15, 0.2) is 23.7 Å². The van der Waals surface area contributed by atoms with Crippen LogP contribution in [0.3, 0.4) is 0 Å². The number of nitrogens with zero attached hydrogens (tertiary/aromatic N) is 3. The highest BCUT2D eigenvalue weighted by molar-refractivity contribution is 7.09. The van der Waals surface area contributed by atoms with Crippen LogP contribution in [0.4, 0.5) is 4.39 Å². The molecule has 0 saturated carbocycles. The van der Waals surface area contributed by atoms with Crippen molar-refractivity contribution in [2.45, 2.75) is 44.4 Å². The van der Waals surface area contributed by atoms with E-state index in [9.17, 15) is 9.18 Å². The van der Waals surface area contributed by atoms with E-state index in [0.29, 0.717) is 26.1 Å². The predicted molar refractivity (Wildman–Crippen MR) is 89.9 cm³/mol. The number of hydrogen-bond donors (Lipinski definition) is 0. The number of allylic oxidation sites excluding steroid dienone is 2. The number of alkyl halides is 1. The minimum absolute atomic E-state index is 0.0852. The maximum absolute atomic E-state index is 13.9. The fourth-order valence-corrected chi connectivity index (χ4v) is 4.19. The first-order valence-electron chi connectivity index (χ1n) is 8.30. The van der Waals surface area contributed by atoms with Gasteiger partial charge in [0.1, 0.15) is 11.2 Å². The normalized spacial score (nSPS) is 28.2. The topological polar surface area (TPSA) is 36.4 Å². The summed E-state index contributed by atoms with van der Waals surface area (Å²) in [6.07, 6.45) is 8.47. The molecule has 0 aromatic carbocycles. The lowest BCUT2D eigenvalue weighted by molar-refractivity contribution is -0.135. The molecule has 126 valence electrons. The lowest BCUT2D eigenvalue weighted by Gasteiger charge is -2.30. The molecule has 0 spiro atoms. The van der Waals surface area contributed by atoms with Gasteiger partial charge in [0, 0.05) is 43.7 Å². The summed E-state index contributed by atoms with van der Waals surface area (Å²) in [5, 5.41) is 2.95. The first kappa shape index (κ1) is 16.6. The van der Waals surface area contributed by atoms with Gasteiger partial charge in [-0.2, -0.15) is 0 Å². The van der Waals surface area contributed by atoms with Crippen molar-refractivity contribution in [3.05, 3.63) is 28.7 Å². The molecule has 6 heteroatoms. The van der Waals surface area contributed by atoms with E-state index in [2.05, 4.69) is 22.0 Å². The van der Waals surface area contributed by atoms with E-state index < -0.39 is 6.17 Å². The Morgan fingerprint density at radius 3 is 3.09 bits per heavy atom. The quantitative estimate of drug-likeness (QED) is 0.775. The van der Waals surface area contributed by atoms with Gasteiger partial charge >= 0.3 is 0 Å². The first-order valence-corrected chi connectivity index (χ1v) is 9.18. The largest absolute Gasteiger partial charge is 0.344 e. The van der Waals surface area contributed by atoms with Gasteiger partial charge in [-0.3, -0.25) is 9.69 Å². The molecular weight excluding hydrogens is 313 g/mol. The molecule has 1 fully saturated rings. The number of rotatable bonds is 5. The van der Waals surface area contributed by atoms with E-state index >= 15 is 0 Å². The summed E-state index contributed by atoms with van der Waals surface area (Å²) < 4.78 is 13.9. The van der Waals surface area contributed by atoms with Crippen LogP contribution in [0.1, 0.15) is 30.7 Å². The number of likely N-dealkylation sites (tertiary alicyclic amines) is 1. The van der Waals surface area contributed by atoms with Crippen molar-refractivity contribution in [1.29, 1.82) is 0 Å². The summed E-state index contributed by atoms with van der Waals surface area (Å²) in [5.41, 5.74) is 0. The highest BCUT2D eigenvalue weighted by atomic mass is 32.1. The van der Waals surface area contributed by atoms with Crippen LogP contribution < -0.4 is 0 Å². The SMILES string of the molecule is CN(C[C@@H]1C[C@H](F)CN1Cc1nccs1)C(=O)C1CC=CCC1. The number of halogens is 1. The van der Waals surface area contributed by atoms with Crippen molar-refractivity contribution < 1.29 is 9.18 Å². The van der Waals surface area contributed by atoms with Crippen molar-refractivity contribution in [3.63, 3.8) is 0 Å². The Morgan fingerprint density at radius 2 is 2.39 bits per heavy atom. The van der Waals surface area contributed by atoms with Crippen molar-refractivity contribution in [3.8, 4) is 0 Å². The highest BCUT2D eigenvalue weighted by Crippen LogP contribution is 2.25. The van der Waals surface area contributed by atoms with E-state index in [1.807, 2.05) is 12.4 Å². The number of aromatic nitrogens is 1. The zero-order valence-corrected chi connectivity index (χ0v) is 14.3. The molecule has 1 saturated heterocycles. The molecule has 2 aliphatic rings. The number of carbonyl (C=O) groups is 1. The van der Waals surface area contributed by atoms with Crippen LogP contribution in [-0.4, -0.2) is 53.0 Å². The maximum atomic E-state index is 13.9. The molecule has 4 nitrogen and oxygen atoms in total. The average Bonchev–Trinajstić information content (AvgIpc) is 3.18. The van der Waals surface area contributed by atoms with Gasteiger partial charge in [-0.1, -0.05) is 12.2 Å². The third kappa shape index (κ3) is 4.18. The molecule has 1 unspecified atom stereocenters. The lowest BCUT2D eigenvalue weighted by atomic mass is 9.93. The molecule has 2 heterocycles. The van der Waals surface area contributed by atoms with Gasteiger partial charge in [0.25, 0.3) is 0 Å². The molecule has 1 aromatic heterocycles.